The van der Waals surface area contributed by atoms with Crippen LogP contribution in [0.25, 0.3) is 10.6 Å². The van der Waals surface area contributed by atoms with Gasteiger partial charge in [0, 0.05) is 31.9 Å². The van der Waals surface area contributed by atoms with Gasteiger partial charge >= 0.3 is 5.97 Å². The van der Waals surface area contributed by atoms with Crippen LogP contribution in [-0.4, -0.2) is 39.1 Å². The number of carboxylic acid groups (broad SMARTS) is 1. The maximum Gasteiger partial charge on any atom is 0.303 e. The molecule has 3 heterocycles. The van der Waals surface area contributed by atoms with E-state index in [1.165, 1.54) is 0 Å². The van der Waals surface area contributed by atoms with Crippen LogP contribution >= 0.6 is 11.3 Å². The summed E-state index contributed by atoms with van der Waals surface area (Å²) in [4.78, 5) is 27.9. The van der Waals surface area contributed by atoms with Gasteiger partial charge in [0.1, 0.15) is 11.6 Å². The molecule has 1 aliphatic carbocycles. The molecule has 0 atom stereocenters. The van der Waals surface area contributed by atoms with Crippen molar-refractivity contribution in [1.82, 2.24) is 15.0 Å². The fraction of sp³-hybridized carbons (Fsp3) is 0.391. The summed E-state index contributed by atoms with van der Waals surface area (Å²) in [5.41, 5.74) is 2.01. The van der Waals surface area contributed by atoms with Crippen LogP contribution in [0.5, 0.6) is 0 Å². The number of nitrogens with one attached hydrogen (secondary N) is 1. The molecule has 3 aromatic heterocycles. The van der Waals surface area contributed by atoms with Crippen molar-refractivity contribution < 1.29 is 9.90 Å². The number of carbonyl (C=O) groups is 1. The molecular formula is C23H27N5O2S. The lowest BCUT2D eigenvalue weighted by Gasteiger charge is -2.34. The summed E-state index contributed by atoms with van der Waals surface area (Å²) in [6.45, 7) is 2.03. The predicted molar refractivity (Wildman–Crippen MR) is 124 cm³/mol. The summed E-state index contributed by atoms with van der Waals surface area (Å²) in [6, 6.07) is 10.2. The first kappa shape index (κ1) is 21.2. The first-order valence-corrected chi connectivity index (χ1v) is 11.4. The van der Waals surface area contributed by atoms with Crippen molar-refractivity contribution >= 4 is 34.1 Å². The highest BCUT2D eigenvalue weighted by atomic mass is 32.1. The largest absolute Gasteiger partial charge is 0.481 e. The van der Waals surface area contributed by atoms with Crippen LogP contribution in [0.3, 0.4) is 0 Å². The topological polar surface area (TPSA) is 91.2 Å². The van der Waals surface area contributed by atoms with Gasteiger partial charge in [0.15, 0.2) is 5.13 Å². The van der Waals surface area contributed by atoms with E-state index in [4.69, 9.17) is 10.1 Å². The number of carboxylic acids is 1. The average molecular weight is 438 g/mol. The number of aromatic nitrogens is 3. The van der Waals surface area contributed by atoms with E-state index in [1.807, 2.05) is 43.5 Å². The van der Waals surface area contributed by atoms with Crippen LogP contribution in [0, 0.1) is 12.8 Å². The van der Waals surface area contributed by atoms with Gasteiger partial charge in [-0.2, -0.15) is 0 Å². The lowest BCUT2D eigenvalue weighted by molar-refractivity contribution is -0.138. The third-order valence-electron chi connectivity index (χ3n) is 5.80. The second-order valence-electron chi connectivity index (χ2n) is 8.14. The van der Waals surface area contributed by atoms with E-state index in [9.17, 15) is 4.79 Å². The Hall–Kier alpha value is -3.00. The van der Waals surface area contributed by atoms with Crippen LogP contribution < -0.4 is 10.2 Å². The van der Waals surface area contributed by atoms with Crippen LogP contribution in [-0.2, 0) is 4.79 Å². The number of thiazole rings is 1. The average Bonchev–Trinajstić information content (AvgIpc) is 3.24. The highest BCUT2D eigenvalue weighted by Crippen LogP contribution is 2.35. The minimum absolute atomic E-state index is 0.284. The Morgan fingerprint density at radius 3 is 2.74 bits per heavy atom. The molecule has 0 bridgehead atoms. The van der Waals surface area contributed by atoms with E-state index < -0.39 is 5.97 Å². The summed E-state index contributed by atoms with van der Waals surface area (Å²) < 4.78 is 0. The zero-order chi connectivity index (χ0) is 21.8. The predicted octanol–water partition coefficient (Wildman–Crippen LogP) is 5.12. The third kappa shape index (κ3) is 5.38. The SMILES string of the molecule is Cc1ccnc(Nc2cccc(-c3cnc(N(C)[C@H]4CC[C@H](CC(=O)O)CC4)s3)n2)c1. The number of nitrogens with zero attached hydrogens (tertiary/aromatic N) is 4. The molecule has 1 fully saturated rings. The van der Waals surface area contributed by atoms with E-state index in [-0.39, 0.29) is 6.42 Å². The number of pyridine rings is 2. The molecule has 0 amide bonds. The van der Waals surface area contributed by atoms with Gasteiger partial charge in [0.2, 0.25) is 0 Å². The van der Waals surface area contributed by atoms with Crippen LogP contribution in [0.4, 0.5) is 16.8 Å². The van der Waals surface area contributed by atoms with E-state index in [0.29, 0.717) is 12.0 Å². The van der Waals surface area contributed by atoms with Crippen molar-refractivity contribution in [2.24, 2.45) is 5.92 Å². The highest BCUT2D eigenvalue weighted by molar-refractivity contribution is 7.18. The monoisotopic (exact) mass is 437 g/mol. The molecule has 0 saturated heterocycles. The third-order valence-corrected chi connectivity index (χ3v) is 6.91. The molecule has 0 unspecified atom stereocenters. The molecule has 0 aliphatic heterocycles. The standard InChI is InChI=1S/C23H27N5O2S/c1-15-10-11-24-21(12-15)27-20-5-3-4-18(26-20)19-14-25-23(31-19)28(2)17-8-6-16(7-9-17)13-22(29)30/h3-5,10-12,14,16-17H,6-9,13H2,1-2H3,(H,29,30)(H,24,26,27)/t16-,17-. The quantitative estimate of drug-likeness (QED) is 0.530. The summed E-state index contributed by atoms with van der Waals surface area (Å²) >= 11 is 1.63. The Labute approximate surface area is 186 Å². The minimum Gasteiger partial charge on any atom is -0.481 e. The fourth-order valence-corrected chi connectivity index (χ4v) is 4.98. The molecule has 2 N–H and O–H groups in total. The summed E-state index contributed by atoms with van der Waals surface area (Å²) in [5.74, 6) is 1.13. The van der Waals surface area contributed by atoms with Crippen molar-refractivity contribution in [2.45, 2.75) is 45.1 Å². The van der Waals surface area contributed by atoms with Crippen LogP contribution in [0.1, 0.15) is 37.7 Å². The Kier molecular flexibility index (Phi) is 6.46. The molecule has 7 nitrogen and oxygen atoms in total. The molecule has 3 aromatic rings. The molecule has 0 aromatic carbocycles. The van der Waals surface area contributed by atoms with Gasteiger partial charge in [-0.1, -0.05) is 17.4 Å². The van der Waals surface area contributed by atoms with Gasteiger partial charge in [0.25, 0.3) is 0 Å². The van der Waals surface area contributed by atoms with Crippen molar-refractivity contribution in [1.29, 1.82) is 0 Å². The van der Waals surface area contributed by atoms with Crippen molar-refractivity contribution in [2.75, 3.05) is 17.3 Å². The second kappa shape index (κ2) is 9.43. The maximum absolute atomic E-state index is 11.0. The number of hydrogen-bond acceptors (Lipinski definition) is 7. The Morgan fingerprint density at radius 1 is 1.19 bits per heavy atom. The van der Waals surface area contributed by atoms with Crippen molar-refractivity contribution in [3.05, 3.63) is 48.3 Å². The number of aryl methyl sites for hydroxylation is 1. The van der Waals surface area contributed by atoms with Crippen LogP contribution in [0.2, 0.25) is 0 Å². The molecule has 31 heavy (non-hydrogen) atoms. The molecular weight excluding hydrogens is 410 g/mol. The molecule has 8 heteroatoms. The Morgan fingerprint density at radius 2 is 2.00 bits per heavy atom. The first-order chi connectivity index (χ1) is 15.0. The number of rotatable bonds is 7. The van der Waals surface area contributed by atoms with E-state index in [2.05, 4.69) is 27.2 Å². The van der Waals surface area contributed by atoms with Crippen LogP contribution in [0.15, 0.2) is 42.7 Å². The smallest absolute Gasteiger partial charge is 0.303 e. The lowest BCUT2D eigenvalue weighted by atomic mass is 9.84. The van der Waals surface area contributed by atoms with Gasteiger partial charge < -0.3 is 15.3 Å². The lowest BCUT2D eigenvalue weighted by Crippen LogP contribution is -2.35. The number of anilines is 3. The first-order valence-electron chi connectivity index (χ1n) is 10.6. The minimum atomic E-state index is -0.691. The number of hydrogen-bond donors (Lipinski definition) is 2. The molecule has 1 saturated carbocycles. The van der Waals surface area contributed by atoms with E-state index >= 15 is 0 Å². The molecule has 162 valence electrons. The number of aliphatic carboxylic acids is 1. The highest BCUT2D eigenvalue weighted by Gasteiger charge is 2.26. The molecule has 0 spiro atoms. The summed E-state index contributed by atoms with van der Waals surface area (Å²) in [6.07, 6.45) is 7.87. The van der Waals surface area contributed by atoms with Gasteiger partial charge in [0.05, 0.1) is 10.6 Å². The zero-order valence-corrected chi connectivity index (χ0v) is 18.6. The van der Waals surface area contributed by atoms with Gasteiger partial charge in [-0.25, -0.2) is 15.0 Å². The zero-order valence-electron chi connectivity index (χ0n) is 17.8. The van der Waals surface area contributed by atoms with Gasteiger partial charge in [-0.3, -0.25) is 4.79 Å². The second-order valence-corrected chi connectivity index (χ2v) is 9.15. The van der Waals surface area contributed by atoms with Crippen molar-refractivity contribution in [3.63, 3.8) is 0 Å². The van der Waals surface area contributed by atoms with E-state index in [0.717, 1.165) is 58.6 Å². The van der Waals surface area contributed by atoms with Crippen molar-refractivity contribution in [3.8, 4) is 10.6 Å². The van der Waals surface area contributed by atoms with E-state index in [1.54, 1.807) is 17.5 Å². The summed E-state index contributed by atoms with van der Waals surface area (Å²) in [5, 5.41) is 13.2. The Bertz CT molecular complexity index is 1050. The van der Waals surface area contributed by atoms with Gasteiger partial charge in [-0.15, -0.1) is 0 Å². The Balaban J connectivity index is 1.42. The maximum atomic E-state index is 11.0. The molecule has 4 rings (SSSR count). The normalized spacial score (nSPS) is 18.5. The molecule has 1 aliphatic rings. The summed E-state index contributed by atoms with van der Waals surface area (Å²) in [7, 11) is 2.08. The fourth-order valence-electron chi connectivity index (χ4n) is 4.06. The molecule has 0 radical (unpaired) electrons. The van der Waals surface area contributed by atoms with Gasteiger partial charge in [-0.05, 0) is 68.4 Å².